The summed E-state index contributed by atoms with van der Waals surface area (Å²) in [5, 5.41) is 3.48. The first kappa shape index (κ1) is 12.5. The highest BCUT2D eigenvalue weighted by atomic mass is 35.5. The van der Waals surface area contributed by atoms with Gasteiger partial charge in [0.15, 0.2) is 0 Å². The van der Waals surface area contributed by atoms with Crippen LogP contribution in [-0.4, -0.2) is 18.0 Å². The van der Waals surface area contributed by atoms with Crippen molar-refractivity contribution in [2.75, 3.05) is 4.90 Å². The molecule has 2 fully saturated rings. The molecule has 1 aliphatic carbocycles. The molecule has 0 bridgehead atoms. The number of imide groups is 1. The molecule has 1 saturated carbocycles. The molecule has 0 spiro atoms. The van der Waals surface area contributed by atoms with E-state index in [4.69, 9.17) is 11.6 Å². The number of aryl methyl sites for hydroxylation is 1. The summed E-state index contributed by atoms with van der Waals surface area (Å²) in [4.78, 5) is 25.8. The summed E-state index contributed by atoms with van der Waals surface area (Å²) in [5.41, 5.74) is 1.47. The molecular formula is C14H15ClN2O2. The van der Waals surface area contributed by atoms with Crippen molar-refractivity contribution in [1.29, 1.82) is 0 Å². The molecule has 19 heavy (non-hydrogen) atoms. The number of fused-ring (bicyclic) bond motifs is 1. The van der Waals surface area contributed by atoms with Gasteiger partial charge in [-0.25, -0.2) is 9.69 Å². The van der Waals surface area contributed by atoms with Gasteiger partial charge in [-0.3, -0.25) is 4.79 Å². The van der Waals surface area contributed by atoms with Crippen LogP contribution in [-0.2, 0) is 4.79 Å². The number of rotatable bonds is 1. The van der Waals surface area contributed by atoms with Crippen molar-refractivity contribution in [1.82, 2.24) is 5.32 Å². The van der Waals surface area contributed by atoms with E-state index in [0.717, 1.165) is 24.8 Å². The summed E-state index contributed by atoms with van der Waals surface area (Å²) in [6.07, 6.45) is 2.73. The predicted molar refractivity (Wildman–Crippen MR) is 73.3 cm³/mol. The Morgan fingerprint density at radius 2 is 2.11 bits per heavy atom. The van der Waals surface area contributed by atoms with Crippen molar-refractivity contribution in [3.63, 3.8) is 0 Å². The number of benzene rings is 1. The van der Waals surface area contributed by atoms with E-state index in [9.17, 15) is 9.59 Å². The Balaban J connectivity index is 1.96. The topological polar surface area (TPSA) is 49.4 Å². The quantitative estimate of drug-likeness (QED) is 0.859. The number of amides is 3. The third-order valence-corrected chi connectivity index (χ3v) is 4.39. The monoisotopic (exact) mass is 278 g/mol. The molecule has 0 aromatic heterocycles. The lowest BCUT2D eigenvalue weighted by molar-refractivity contribution is -0.122. The van der Waals surface area contributed by atoms with E-state index >= 15 is 0 Å². The molecule has 1 saturated heterocycles. The number of hydrogen-bond donors (Lipinski definition) is 1. The number of halogens is 1. The fraction of sp³-hybridized carbons (Fsp3) is 0.429. The highest BCUT2D eigenvalue weighted by Gasteiger charge is 2.44. The largest absolute Gasteiger partial charge is 0.334 e. The minimum Gasteiger partial charge on any atom is -0.334 e. The molecule has 3 amide bonds. The number of nitrogens with zero attached hydrogens (tertiary/aromatic N) is 1. The Bertz CT molecular complexity index is 558. The fourth-order valence-electron chi connectivity index (χ4n) is 2.88. The molecule has 3 rings (SSSR count). The van der Waals surface area contributed by atoms with E-state index in [2.05, 4.69) is 5.32 Å². The third-order valence-electron chi connectivity index (χ3n) is 3.98. The number of carbonyl (C=O) groups excluding carboxylic acids is 2. The van der Waals surface area contributed by atoms with Crippen LogP contribution in [0.25, 0.3) is 0 Å². The van der Waals surface area contributed by atoms with Crippen molar-refractivity contribution in [2.45, 2.75) is 32.2 Å². The van der Waals surface area contributed by atoms with Crippen LogP contribution in [0.15, 0.2) is 18.2 Å². The molecule has 1 aliphatic heterocycles. The molecular weight excluding hydrogens is 264 g/mol. The maximum Gasteiger partial charge on any atom is 0.328 e. The molecule has 0 radical (unpaired) electrons. The van der Waals surface area contributed by atoms with Crippen LogP contribution in [0, 0.1) is 12.8 Å². The minimum atomic E-state index is -0.340. The molecule has 1 aromatic rings. The Kier molecular flexibility index (Phi) is 2.97. The van der Waals surface area contributed by atoms with Crippen LogP contribution < -0.4 is 10.2 Å². The molecule has 5 heteroatoms. The standard InChI is InChI=1S/C14H15ClN2O2/c1-8-5-6-9(7-11(8)15)17-13(18)10-3-2-4-12(10)16-14(17)19/h5-7,10,12H,2-4H2,1H3,(H,16,19). The second kappa shape index (κ2) is 4.53. The lowest BCUT2D eigenvalue weighted by Crippen LogP contribution is -2.58. The number of urea groups is 1. The molecule has 2 unspecified atom stereocenters. The Labute approximate surface area is 116 Å². The van der Waals surface area contributed by atoms with Crippen molar-refractivity contribution >= 4 is 29.2 Å². The van der Waals surface area contributed by atoms with Gasteiger partial charge in [-0.1, -0.05) is 24.1 Å². The average Bonchev–Trinajstić information content (AvgIpc) is 2.82. The normalized spacial score (nSPS) is 26.3. The number of hydrogen-bond acceptors (Lipinski definition) is 2. The summed E-state index contributed by atoms with van der Waals surface area (Å²) in [6.45, 7) is 1.89. The van der Waals surface area contributed by atoms with Crippen LogP contribution in [0.1, 0.15) is 24.8 Å². The summed E-state index contributed by atoms with van der Waals surface area (Å²) in [6, 6.07) is 4.92. The number of nitrogens with one attached hydrogen (secondary N) is 1. The Hall–Kier alpha value is -1.55. The second-order valence-corrected chi connectivity index (χ2v) is 5.61. The molecule has 1 heterocycles. The van der Waals surface area contributed by atoms with Crippen molar-refractivity contribution < 1.29 is 9.59 Å². The SMILES string of the molecule is Cc1ccc(N2C(=O)NC3CCCC3C2=O)cc1Cl. The zero-order chi connectivity index (χ0) is 13.6. The van der Waals surface area contributed by atoms with Gasteiger partial charge in [0.05, 0.1) is 11.6 Å². The van der Waals surface area contributed by atoms with E-state index in [0.29, 0.717) is 10.7 Å². The first-order valence-corrected chi connectivity index (χ1v) is 6.86. The molecule has 1 aromatic carbocycles. The van der Waals surface area contributed by atoms with Gasteiger partial charge >= 0.3 is 6.03 Å². The van der Waals surface area contributed by atoms with Gasteiger partial charge in [0.2, 0.25) is 5.91 Å². The highest BCUT2D eigenvalue weighted by Crippen LogP contribution is 2.33. The van der Waals surface area contributed by atoms with Crippen LogP contribution in [0.4, 0.5) is 10.5 Å². The molecule has 1 N–H and O–H groups in total. The first-order chi connectivity index (χ1) is 9.08. The smallest absolute Gasteiger partial charge is 0.328 e. The van der Waals surface area contributed by atoms with Crippen LogP contribution >= 0.6 is 11.6 Å². The Morgan fingerprint density at radius 1 is 1.32 bits per heavy atom. The van der Waals surface area contributed by atoms with Crippen LogP contribution in [0.5, 0.6) is 0 Å². The van der Waals surface area contributed by atoms with Crippen molar-refractivity contribution in [2.24, 2.45) is 5.92 Å². The first-order valence-electron chi connectivity index (χ1n) is 6.48. The van der Waals surface area contributed by atoms with Gasteiger partial charge in [0, 0.05) is 11.1 Å². The summed E-state index contributed by atoms with van der Waals surface area (Å²) >= 11 is 6.07. The van der Waals surface area contributed by atoms with Crippen molar-refractivity contribution in [3.05, 3.63) is 28.8 Å². The van der Waals surface area contributed by atoms with Gasteiger partial charge in [-0.15, -0.1) is 0 Å². The molecule has 2 atom stereocenters. The predicted octanol–water partition coefficient (Wildman–Crippen LogP) is 2.87. The highest BCUT2D eigenvalue weighted by molar-refractivity contribution is 6.32. The minimum absolute atomic E-state index is 0.0113. The molecule has 4 nitrogen and oxygen atoms in total. The second-order valence-electron chi connectivity index (χ2n) is 5.20. The third kappa shape index (κ3) is 2.00. The van der Waals surface area contributed by atoms with E-state index in [1.165, 1.54) is 4.90 Å². The van der Waals surface area contributed by atoms with Gasteiger partial charge in [-0.2, -0.15) is 0 Å². The van der Waals surface area contributed by atoms with E-state index < -0.39 is 0 Å². The zero-order valence-corrected chi connectivity index (χ0v) is 11.4. The van der Waals surface area contributed by atoms with E-state index in [1.807, 2.05) is 13.0 Å². The Morgan fingerprint density at radius 3 is 2.84 bits per heavy atom. The lowest BCUT2D eigenvalue weighted by atomic mass is 9.99. The average molecular weight is 279 g/mol. The molecule has 2 aliphatic rings. The summed E-state index contributed by atoms with van der Waals surface area (Å²) in [7, 11) is 0. The van der Waals surface area contributed by atoms with Gasteiger partial charge < -0.3 is 5.32 Å². The summed E-state index contributed by atoms with van der Waals surface area (Å²) < 4.78 is 0. The van der Waals surface area contributed by atoms with Gasteiger partial charge in [-0.05, 0) is 37.5 Å². The number of carbonyl (C=O) groups is 2. The van der Waals surface area contributed by atoms with Crippen LogP contribution in [0.3, 0.4) is 0 Å². The zero-order valence-electron chi connectivity index (χ0n) is 10.6. The number of anilines is 1. The van der Waals surface area contributed by atoms with E-state index in [-0.39, 0.29) is 23.9 Å². The summed E-state index contributed by atoms with van der Waals surface area (Å²) in [5.74, 6) is -0.191. The maximum atomic E-state index is 12.4. The van der Waals surface area contributed by atoms with E-state index in [1.54, 1.807) is 12.1 Å². The van der Waals surface area contributed by atoms with Gasteiger partial charge in [0.1, 0.15) is 0 Å². The maximum absolute atomic E-state index is 12.4. The van der Waals surface area contributed by atoms with Gasteiger partial charge in [0.25, 0.3) is 0 Å². The van der Waals surface area contributed by atoms with Crippen molar-refractivity contribution in [3.8, 4) is 0 Å². The fourth-order valence-corrected chi connectivity index (χ4v) is 3.06. The van der Waals surface area contributed by atoms with Crippen LogP contribution in [0.2, 0.25) is 5.02 Å². The molecule has 100 valence electrons. The lowest BCUT2D eigenvalue weighted by Gasteiger charge is -2.34.